The van der Waals surface area contributed by atoms with Gasteiger partial charge in [0.05, 0.1) is 25.2 Å². The number of aromatic nitrogens is 1. The highest BCUT2D eigenvalue weighted by Gasteiger charge is 2.18. The number of nitrogen functional groups attached to an aromatic ring is 1. The Bertz CT molecular complexity index is 870. The van der Waals surface area contributed by atoms with E-state index in [0.717, 1.165) is 0 Å². The quantitative estimate of drug-likeness (QED) is 0.885. The van der Waals surface area contributed by atoms with Crippen molar-refractivity contribution in [2.45, 2.75) is 6.42 Å². The molecule has 3 N–H and O–H groups in total. The van der Waals surface area contributed by atoms with Gasteiger partial charge in [0.15, 0.2) is 5.82 Å². The summed E-state index contributed by atoms with van der Waals surface area (Å²) in [6, 6.07) is 12.9. The molecule has 0 aliphatic heterocycles. The molecule has 0 fully saturated rings. The molecule has 1 aromatic heterocycles. The average molecular weight is 304 g/mol. The molecule has 0 saturated carbocycles. The highest BCUT2D eigenvalue weighted by atomic mass is 16.5. The van der Waals surface area contributed by atoms with Crippen LogP contribution in [0.4, 0.5) is 17.3 Å². The summed E-state index contributed by atoms with van der Waals surface area (Å²) >= 11 is 0. The zero-order chi connectivity index (χ0) is 16.8. The van der Waals surface area contributed by atoms with Crippen molar-refractivity contribution in [3.63, 3.8) is 0 Å². The van der Waals surface area contributed by atoms with Crippen molar-refractivity contribution >= 4 is 17.3 Å². The second-order valence-corrected chi connectivity index (χ2v) is 4.49. The van der Waals surface area contributed by atoms with E-state index in [1.807, 2.05) is 18.2 Å². The maximum Gasteiger partial charge on any atom is 0.151 e. The fourth-order valence-electron chi connectivity index (χ4n) is 2.08. The van der Waals surface area contributed by atoms with E-state index in [2.05, 4.69) is 10.3 Å². The summed E-state index contributed by atoms with van der Waals surface area (Å²) in [4.78, 5) is 4.08. The molecule has 1 heterocycles. The Kier molecular flexibility index (Phi) is 4.62. The van der Waals surface area contributed by atoms with Crippen molar-refractivity contribution in [2.24, 2.45) is 0 Å². The van der Waals surface area contributed by atoms with Crippen LogP contribution in [0.5, 0.6) is 5.75 Å². The Balaban J connectivity index is 2.57. The van der Waals surface area contributed by atoms with Gasteiger partial charge in [0.25, 0.3) is 0 Å². The Morgan fingerprint density at radius 1 is 1.22 bits per heavy atom. The van der Waals surface area contributed by atoms with Gasteiger partial charge in [-0.3, -0.25) is 0 Å². The van der Waals surface area contributed by atoms with Gasteiger partial charge < -0.3 is 15.8 Å². The van der Waals surface area contributed by atoms with Crippen LogP contribution in [0.2, 0.25) is 0 Å². The van der Waals surface area contributed by atoms with Crippen LogP contribution in [-0.2, 0) is 6.42 Å². The first-order chi connectivity index (χ1) is 11.1. The normalized spacial score (nSPS) is 9.30. The molecule has 0 aliphatic rings. The van der Waals surface area contributed by atoms with Gasteiger partial charge in [-0.15, -0.1) is 0 Å². The Labute approximate surface area is 133 Å². The number of hydrogen-bond donors (Lipinski definition) is 2. The fourth-order valence-corrected chi connectivity index (χ4v) is 2.08. The van der Waals surface area contributed by atoms with E-state index in [0.29, 0.717) is 11.4 Å². The summed E-state index contributed by atoms with van der Waals surface area (Å²) in [5.41, 5.74) is 6.87. The third kappa shape index (κ3) is 3.12. The molecule has 0 unspecified atom stereocenters. The molecule has 23 heavy (non-hydrogen) atoms. The maximum atomic E-state index is 9.40. The molecule has 112 valence electrons. The van der Waals surface area contributed by atoms with Crippen LogP contribution in [0.1, 0.15) is 16.7 Å². The number of rotatable bonds is 4. The lowest BCUT2D eigenvalue weighted by Crippen LogP contribution is -2.08. The second-order valence-electron chi connectivity index (χ2n) is 4.49. The van der Waals surface area contributed by atoms with Gasteiger partial charge >= 0.3 is 0 Å². The minimum atomic E-state index is -0.106. The van der Waals surface area contributed by atoms with Crippen LogP contribution in [0, 0.1) is 34.0 Å². The third-order valence-corrected chi connectivity index (χ3v) is 3.14. The molecular formula is C16H12N6O. The first-order valence-electron chi connectivity index (χ1n) is 6.55. The van der Waals surface area contributed by atoms with Crippen molar-refractivity contribution in [1.29, 1.82) is 15.8 Å². The molecule has 1 aromatic carbocycles. The van der Waals surface area contributed by atoms with E-state index >= 15 is 0 Å². The van der Waals surface area contributed by atoms with E-state index in [4.69, 9.17) is 21.0 Å². The van der Waals surface area contributed by atoms with E-state index < -0.39 is 0 Å². The van der Waals surface area contributed by atoms with Crippen molar-refractivity contribution in [2.75, 3.05) is 18.2 Å². The van der Waals surface area contributed by atoms with Gasteiger partial charge in [-0.05, 0) is 12.1 Å². The SMILES string of the molecule is COc1cccc(Nc2nc(N)c(C#N)c(CC#N)c2C#N)c1. The van der Waals surface area contributed by atoms with Gasteiger partial charge in [-0.1, -0.05) is 6.07 Å². The summed E-state index contributed by atoms with van der Waals surface area (Å²) in [5, 5.41) is 30.5. The summed E-state index contributed by atoms with van der Waals surface area (Å²) in [7, 11) is 1.54. The summed E-state index contributed by atoms with van der Waals surface area (Å²) in [5.74, 6) is 0.803. The van der Waals surface area contributed by atoms with E-state index in [1.165, 1.54) is 0 Å². The lowest BCUT2D eigenvalue weighted by Gasteiger charge is -2.13. The van der Waals surface area contributed by atoms with Gasteiger partial charge in [0.1, 0.15) is 29.3 Å². The van der Waals surface area contributed by atoms with E-state index in [9.17, 15) is 5.26 Å². The van der Waals surface area contributed by atoms with Crippen LogP contribution in [0.3, 0.4) is 0 Å². The lowest BCUT2D eigenvalue weighted by molar-refractivity contribution is 0.415. The number of nitrogens with one attached hydrogen (secondary N) is 1. The van der Waals surface area contributed by atoms with Crippen molar-refractivity contribution in [1.82, 2.24) is 4.98 Å². The Hall–Kier alpha value is -3.76. The molecule has 0 atom stereocenters. The zero-order valence-corrected chi connectivity index (χ0v) is 12.3. The number of nitrogens with zero attached hydrogens (tertiary/aromatic N) is 4. The standard InChI is InChI=1S/C16H12N6O/c1-23-11-4-2-3-10(7-11)21-16-14(9-19)12(5-6-17)13(8-18)15(20)22-16/h2-4,7H,5H2,1H3,(H3,20,21,22). The number of pyridine rings is 1. The Morgan fingerprint density at radius 2 is 1.96 bits per heavy atom. The largest absolute Gasteiger partial charge is 0.497 e. The molecule has 0 radical (unpaired) electrons. The van der Waals surface area contributed by atoms with Crippen LogP contribution in [-0.4, -0.2) is 12.1 Å². The number of benzene rings is 1. The highest BCUT2D eigenvalue weighted by Crippen LogP contribution is 2.28. The first kappa shape index (κ1) is 15.6. The number of hydrogen-bond acceptors (Lipinski definition) is 7. The number of ether oxygens (including phenoxy) is 1. The number of nitrogens with two attached hydrogens (primary N) is 1. The van der Waals surface area contributed by atoms with Crippen LogP contribution >= 0.6 is 0 Å². The maximum absolute atomic E-state index is 9.40. The van der Waals surface area contributed by atoms with Gasteiger partial charge in [0.2, 0.25) is 0 Å². The molecule has 0 spiro atoms. The summed E-state index contributed by atoms with van der Waals surface area (Å²) in [6.45, 7) is 0. The van der Waals surface area contributed by atoms with E-state index in [1.54, 1.807) is 31.4 Å². The second kappa shape index (κ2) is 6.80. The smallest absolute Gasteiger partial charge is 0.151 e. The molecule has 0 bridgehead atoms. The Morgan fingerprint density at radius 3 is 2.57 bits per heavy atom. The number of methoxy groups -OCH3 is 1. The molecule has 2 rings (SSSR count). The van der Waals surface area contributed by atoms with Crippen molar-refractivity contribution in [3.8, 4) is 24.0 Å². The van der Waals surface area contributed by atoms with Crippen LogP contribution < -0.4 is 15.8 Å². The summed E-state index contributed by atoms with van der Waals surface area (Å²) in [6.07, 6.45) is -0.106. The zero-order valence-electron chi connectivity index (χ0n) is 12.3. The van der Waals surface area contributed by atoms with Gasteiger partial charge in [-0.25, -0.2) is 4.98 Å². The topological polar surface area (TPSA) is 132 Å². The fraction of sp³-hybridized carbons (Fsp3) is 0.125. The lowest BCUT2D eigenvalue weighted by atomic mass is 10.0. The van der Waals surface area contributed by atoms with Crippen molar-refractivity contribution < 1.29 is 4.74 Å². The highest BCUT2D eigenvalue weighted by molar-refractivity contribution is 5.72. The molecule has 0 saturated heterocycles. The van der Waals surface area contributed by atoms with Gasteiger partial charge in [-0.2, -0.15) is 15.8 Å². The van der Waals surface area contributed by atoms with Crippen LogP contribution in [0.15, 0.2) is 24.3 Å². The monoisotopic (exact) mass is 304 g/mol. The van der Waals surface area contributed by atoms with E-state index in [-0.39, 0.29) is 34.7 Å². The molecule has 7 nitrogen and oxygen atoms in total. The summed E-state index contributed by atoms with van der Waals surface area (Å²) < 4.78 is 5.14. The minimum absolute atomic E-state index is 0.0258. The third-order valence-electron chi connectivity index (χ3n) is 3.14. The molecule has 2 aromatic rings. The predicted molar refractivity (Wildman–Crippen MR) is 83.7 cm³/mol. The van der Waals surface area contributed by atoms with Crippen molar-refractivity contribution in [3.05, 3.63) is 41.0 Å². The first-order valence-corrected chi connectivity index (χ1v) is 6.55. The number of nitriles is 3. The average Bonchev–Trinajstić information content (AvgIpc) is 2.55. The minimum Gasteiger partial charge on any atom is -0.497 e. The molecule has 0 amide bonds. The molecule has 0 aliphatic carbocycles. The van der Waals surface area contributed by atoms with Gasteiger partial charge in [0, 0.05) is 17.3 Å². The molecule has 7 heteroatoms. The number of anilines is 3. The van der Waals surface area contributed by atoms with Crippen LogP contribution in [0.25, 0.3) is 0 Å². The molecular weight excluding hydrogens is 292 g/mol. The predicted octanol–water partition coefficient (Wildman–Crippen LogP) is 2.23.